The SMILES string of the molecule is CCN(CC)CC(C)Cn1c2ccccc2c2ccccc21. The molecule has 116 valence electrons. The molecule has 3 aromatic rings. The Morgan fingerprint density at radius 2 is 1.36 bits per heavy atom. The third kappa shape index (κ3) is 2.76. The van der Waals surface area contributed by atoms with Gasteiger partial charge in [-0.2, -0.15) is 0 Å². The van der Waals surface area contributed by atoms with E-state index in [0.717, 1.165) is 26.2 Å². The van der Waals surface area contributed by atoms with Gasteiger partial charge in [-0.3, -0.25) is 0 Å². The molecule has 1 heterocycles. The molecular formula is C20H26N2. The average Bonchev–Trinajstić information content (AvgIpc) is 2.87. The van der Waals surface area contributed by atoms with Crippen molar-refractivity contribution in [3.63, 3.8) is 0 Å². The van der Waals surface area contributed by atoms with E-state index in [-0.39, 0.29) is 0 Å². The molecule has 22 heavy (non-hydrogen) atoms. The van der Waals surface area contributed by atoms with Crippen molar-refractivity contribution in [2.45, 2.75) is 27.3 Å². The fraction of sp³-hybridized carbons (Fsp3) is 0.400. The lowest BCUT2D eigenvalue weighted by Crippen LogP contribution is -2.29. The lowest BCUT2D eigenvalue weighted by molar-refractivity contribution is 0.250. The van der Waals surface area contributed by atoms with Gasteiger partial charge in [0.15, 0.2) is 0 Å². The van der Waals surface area contributed by atoms with Crippen molar-refractivity contribution in [3.8, 4) is 0 Å². The minimum atomic E-state index is 0.638. The summed E-state index contributed by atoms with van der Waals surface area (Å²) in [4.78, 5) is 2.51. The van der Waals surface area contributed by atoms with Crippen molar-refractivity contribution in [2.24, 2.45) is 5.92 Å². The van der Waals surface area contributed by atoms with Crippen molar-refractivity contribution in [3.05, 3.63) is 48.5 Å². The minimum absolute atomic E-state index is 0.638. The Morgan fingerprint density at radius 3 is 1.86 bits per heavy atom. The van der Waals surface area contributed by atoms with Crippen molar-refractivity contribution in [1.29, 1.82) is 0 Å². The molecule has 0 saturated heterocycles. The summed E-state index contributed by atoms with van der Waals surface area (Å²) in [7, 11) is 0. The Labute approximate surface area is 133 Å². The third-order valence-electron chi connectivity index (χ3n) is 4.64. The Morgan fingerprint density at radius 1 is 0.864 bits per heavy atom. The molecule has 2 aromatic carbocycles. The maximum Gasteiger partial charge on any atom is 0.0491 e. The summed E-state index contributed by atoms with van der Waals surface area (Å²) in [5.41, 5.74) is 2.71. The van der Waals surface area contributed by atoms with Crippen LogP contribution in [0.1, 0.15) is 20.8 Å². The number of hydrogen-bond donors (Lipinski definition) is 0. The predicted molar refractivity (Wildman–Crippen MR) is 96.4 cm³/mol. The number of nitrogens with zero attached hydrogens (tertiary/aromatic N) is 2. The quantitative estimate of drug-likeness (QED) is 0.635. The lowest BCUT2D eigenvalue weighted by Gasteiger charge is -2.23. The molecule has 0 amide bonds. The Kier molecular flexibility index (Phi) is 4.49. The van der Waals surface area contributed by atoms with E-state index < -0.39 is 0 Å². The van der Waals surface area contributed by atoms with E-state index in [1.165, 1.54) is 21.8 Å². The highest BCUT2D eigenvalue weighted by Crippen LogP contribution is 2.29. The zero-order valence-electron chi connectivity index (χ0n) is 13.9. The van der Waals surface area contributed by atoms with Crippen LogP contribution in [0.2, 0.25) is 0 Å². The van der Waals surface area contributed by atoms with Crippen LogP contribution in [-0.4, -0.2) is 29.1 Å². The summed E-state index contributed by atoms with van der Waals surface area (Å²) in [6.45, 7) is 11.4. The normalized spacial score (nSPS) is 13.3. The van der Waals surface area contributed by atoms with Gasteiger partial charge in [-0.25, -0.2) is 0 Å². The van der Waals surface area contributed by atoms with Gasteiger partial charge in [0.25, 0.3) is 0 Å². The van der Waals surface area contributed by atoms with Crippen LogP contribution in [0.15, 0.2) is 48.5 Å². The molecule has 0 aliphatic heterocycles. The molecule has 1 atom stereocenters. The Hall–Kier alpha value is -1.80. The highest BCUT2D eigenvalue weighted by atomic mass is 15.1. The number of rotatable bonds is 6. The summed E-state index contributed by atoms with van der Waals surface area (Å²) >= 11 is 0. The maximum absolute atomic E-state index is 2.51. The van der Waals surface area contributed by atoms with E-state index in [1.54, 1.807) is 0 Å². The average molecular weight is 294 g/mol. The first-order chi connectivity index (χ1) is 10.7. The fourth-order valence-corrected chi connectivity index (χ4v) is 3.49. The lowest BCUT2D eigenvalue weighted by atomic mass is 10.1. The number of aromatic nitrogens is 1. The second-order valence-corrected chi connectivity index (χ2v) is 6.24. The van der Waals surface area contributed by atoms with Crippen LogP contribution in [-0.2, 0) is 6.54 Å². The summed E-state index contributed by atoms with van der Waals surface area (Å²) in [5, 5.41) is 2.74. The van der Waals surface area contributed by atoms with Crippen molar-refractivity contribution >= 4 is 21.8 Å². The molecule has 1 unspecified atom stereocenters. The molecular weight excluding hydrogens is 268 g/mol. The largest absolute Gasteiger partial charge is 0.340 e. The monoisotopic (exact) mass is 294 g/mol. The minimum Gasteiger partial charge on any atom is -0.340 e. The molecule has 2 nitrogen and oxygen atoms in total. The number of para-hydroxylation sites is 2. The standard InChI is InChI=1S/C20H26N2/c1-4-21(5-2)14-16(3)15-22-19-12-8-6-10-17(19)18-11-7-9-13-20(18)22/h6-13,16H,4-5,14-15H2,1-3H3. The summed E-state index contributed by atoms with van der Waals surface area (Å²) in [6, 6.07) is 17.5. The Bertz CT molecular complexity index is 699. The molecule has 0 aliphatic rings. The molecule has 0 aliphatic carbocycles. The van der Waals surface area contributed by atoms with Crippen LogP contribution in [0.25, 0.3) is 21.8 Å². The molecule has 2 heteroatoms. The van der Waals surface area contributed by atoms with Gasteiger partial charge in [0.05, 0.1) is 0 Å². The maximum atomic E-state index is 2.51. The van der Waals surface area contributed by atoms with Crippen molar-refractivity contribution < 1.29 is 0 Å². The van der Waals surface area contributed by atoms with Crippen LogP contribution in [0.4, 0.5) is 0 Å². The highest BCUT2D eigenvalue weighted by Gasteiger charge is 2.13. The smallest absolute Gasteiger partial charge is 0.0491 e. The van der Waals surface area contributed by atoms with E-state index in [2.05, 4.69) is 78.8 Å². The molecule has 0 radical (unpaired) electrons. The van der Waals surface area contributed by atoms with Crippen LogP contribution in [0.3, 0.4) is 0 Å². The van der Waals surface area contributed by atoms with Crippen LogP contribution in [0, 0.1) is 5.92 Å². The van der Waals surface area contributed by atoms with Gasteiger partial charge in [0, 0.05) is 34.9 Å². The summed E-state index contributed by atoms with van der Waals surface area (Å²) in [5.74, 6) is 0.638. The van der Waals surface area contributed by atoms with E-state index in [9.17, 15) is 0 Å². The number of fused-ring (bicyclic) bond motifs is 3. The van der Waals surface area contributed by atoms with Gasteiger partial charge in [-0.1, -0.05) is 57.2 Å². The second kappa shape index (κ2) is 6.53. The van der Waals surface area contributed by atoms with Gasteiger partial charge in [0.1, 0.15) is 0 Å². The van der Waals surface area contributed by atoms with Gasteiger partial charge < -0.3 is 9.47 Å². The van der Waals surface area contributed by atoms with Gasteiger partial charge in [0.2, 0.25) is 0 Å². The molecule has 0 N–H and O–H groups in total. The molecule has 0 fully saturated rings. The van der Waals surface area contributed by atoms with E-state index in [4.69, 9.17) is 0 Å². The fourth-order valence-electron chi connectivity index (χ4n) is 3.49. The molecule has 3 rings (SSSR count). The first-order valence-corrected chi connectivity index (χ1v) is 8.42. The number of hydrogen-bond acceptors (Lipinski definition) is 1. The zero-order chi connectivity index (χ0) is 15.5. The van der Waals surface area contributed by atoms with E-state index in [0.29, 0.717) is 5.92 Å². The molecule has 0 bridgehead atoms. The third-order valence-corrected chi connectivity index (χ3v) is 4.64. The first-order valence-electron chi connectivity index (χ1n) is 8.42. The van der Waals surface area contributed by atoms with Gasteiger partial charge in [-0.15, -0.1) is 0 Å². The van der Waals surface area contributed by atoms with Crippen molar-refractivity contribution in [2.75, 3.05) is 19.6 Å². The van der Waals surface area contributed by atoms with E-state index >= 15 is 0 Å². The predicted octanol–water partition coefficient (Wildman–Crippen LogP) is 4.77. The highest BCUT2D eigenvalue weighted by molar-refractivity contribution is 6.07. The van der Waals surface area contributed by atoms with Gasteiger partial charge in [-0.05, 0) is 31.1 Å². The topological polar surface area (TPSA) is 8.17 Å². The zero-order valence-corrected chi connectivity index (χ0v) is 13.9. The van der Waals surface area contributed by atoms with Crippen LogP contribution in [0.5, 0.6) is 0 Å². The molecule has 1 aromatic heterocycles. The second-order valence-electron chi connectivity index (χ2n) is 6.24. The van der Waals surface area contributed by atoms with Crippen LogP contribution >= 0.6 is 0 Å². The first kappa shape index (κ1) is 15.1. The van der Waals surface area contributed by atoms with Crippen molar-refractivity contribution in [1.82, 2.24) is 9.47 Å². The van der Waals surface area contributed by atoms with Gasteiger partial charge >= 0.3 is 0 Å². The van der Waals surface area contributed by atoms with Crippen LogP contribution < -0.4 is 0 Å². The summed E-state index contributed by atoms with van der Waals surface area (Å²) in [6.07, 6.45) is 0. The number of benzene rings is 2. The molecule has 0 saturated carbocycles. The molecule has 0 spiro atoms. The van der Waals surface area contributed by atoms with E-state index in [1.807, 2.05) is 0 Å². The Balaban J connectivity index is 1.98. The summed E-state index contributed by atoms with van der Waals surface area (Å²) < 4.78 is 2.50.